The highest BCUT2D eigenvalue weighted by molar-refractivity contribution is 5.78. The molecule has 0 aliphatic rings. The van der Waals surface area contributed by atoms with Crippen LogP contribution >= 0.6 is 0 Å². The van der Waals surface area contributed by atoms with Gasteiger partial charge in [0.15, 0.2) is 0 Å². The van der Waals surface area contributed by atoms with Crippen LogP contribution in [0.25, 0.3) is 11.1 Å². The van der Waals surface area contributed by atoms with Crippen LogP contribution < -0.4 is 0 Å². The summed E-state index contributed by atoms with van der Waals surface area (Å²) >= 11 is 0. The molecule has 0 unspecified atom stereocenters. The molecule has 0 amide bonds. The summed E-state index contributed by atoms with van der Waals surface area (Å²) in [5, 5.41) is 38.5. The molecule has 0 bridgehead atoms. The summed E-state index contributed by atoms with van der Waals surface area (Å²) < 4.78 is 0. The lowest BCUT2D eigenvalue weighted by atomic mass is 10.0. The van der Waals surface area contributed by atoms with Crippen molar-refractivity contribution in [2.24, 2.45) is 0 Å². The summed E-state index contributed by atoms with van der Waals surface area (Å²) in [7, 11) is 0. The molecule has 0 heterocycles. The molecule has 0 aromatic heterocycles. The first-order valence-corrected chi connectivity index (χ1v) is 6.04. The third-order valence-electron chi connectivity index (χ3n) is 2.66. The summed E-state index contributed by atoms with van der Waals surface area (Å²) in [6.45, 7) is 5.57. The average Bonchev–Trinajstić information content (AvgIpc) is 2.38. The average molecular weight is 262 g/mol. The van der Waals surface area contributed by atoms with Crippen LogP contribution in [-0.4, -0.2) is 20.4 Å². The summed E-state index contributed by atoms with van der Waals surface area (Å²) in [6, 6.07) is 7.10. The fourth-order valence-electron chi connectivity index (χ4n) is 1.65. The monoisotopic (exact) mass is 262 g/mol. The highest BCUT2D eigenvalue weighted by atomic mass is 16.3. The van der Waals surface area contributed by atoms with Crippen LogP contribution in [0.2, 0.25) is 0 Å². The number of phenols is 4. The van der Waals surface area contributed by atoms with Gasteiger partial charge in [-0.3, -0.25) is 0 Å². The van der Waals surface area contributed by atoms with E-state index in [1.165, 1.54) is 30.3 Å². The van der Waals surface area contributed by atoms with Gasteiger partial charge >= 0.3 is 0 Å². The standard InChI is InChI=1S/C13H12O4.C2H6/c1-7-11(16)5-8(6-12(7)17)13-9(14)3-2-4-10(13)15;1-2/h2-6,14-17H,1H3;1-2H3. The summed E-state index contributed by atoms with van der Waals surface area (Å²) in [6.07, 6.45) is 0. The Morgan fingerprint density at radius 2 is 1.16 bits per heavy atom. The van der Waals surface area contributed by atoms with Gasteiger partial charge in [0, 0.05) is 5.56 Å². The van der Waals surface area contributed by atoms with Crippen molar-refractivity contribution in [2.75, 3.05) is 0 Å². The van der Waals surface area contributed by atoms with E-state index in [4.69, 9.17) is 0 Å². The van der Waals surface area contributed by atoms with Crippen LogP contribution in [0, 0.1) is 6.92 Å². The molecule has 0 aliphatic carbocycles. The number of phenolic OH excluding ortho intramolecular Hbond substituents is 4. The fourth-order valence-corrected chi connectivity index (χ4v) is 1.65. The van der Waals surface area contributed by atoms with Gasteiger partial charge in [-0.1, -0.05) is 19.9 Å². The molecule has 4 heteroatoms. The molecule has 0 radical (unpaired) electrons. The van der Waals surface area contributed by atoms with Crippen molar-refractivity contribution in [2.45, 2.75) is 20.8 Å². The summed E-state index contributed by atoms with van der Waals surface area (Å²) in [5.74, 6) is -0.425. The normalized spacial score (nSPS) is 9.63. The van der Waals surface area contributed by atoms with Crippen LogP contribution in [0.4, 0.5) is 0 Å². The molecular weight excluding hydrogens is 244 g/mol. The van der Waals surface area contributed by atoms with Crippen molar-refractivity contribution < 1.29 is 20.4 Å². The highest BCUT2D eigenvalue weighted by Gasteiger charge is 2.13. The predicted octanol–water partition coefficient (Wildman–Crippen LogP) is 3.51. The Morgan fingerprint density at radius 1 is 0.737 bits per heavy atom. The summed E-state index contributed by atoms with van der Waals surface area (Å²) in [4.78, 5) is 0. The van der Waals surface area contributed by atoms with Gasteiger partial charge in [0.2, 0.25) is 0 Å². The van der Waals surface area contributed by atoms with E-state index >= 15 is 0 Å². The van der Waals surface area contributed by atoms with Gasteiger partial charge in [0.05, 0.1) is 5.56 Å². The molecule has 0 spiro atoms. The molecule has 0 atom stereocenters. The van der Waals surface area contributed by atoms with Crippen molar-refractivity contribution in [3.8, 4) is 34.1 Å². The second kappa shape index (κ2) is 6.00. The van der Waals surface area contributed by atoms with Crippen molar-refractivity contribution >= 4 is 0 Å². The lowest BCUT2D eigenvalue weighted by molar-refractivity contribution is 0.442. The highest BCUT2D eigenvalue weighted by Crippen LogP contribution is 2.41. The first-order valence-electron chi connectivity index (χ1n) is 6.04. The largest absolute Gasteiger partial charge is 0.508 e. The lowest BCUT2D eigenvalue weighted by Gasteiger charge is -2.10. The molecule has 0 saturated carbocycles. The van der Waals surface area contributed by atoms with Crippen LogP contribution in [0.5, 0.6) is 23.0 Å². The smallest absolute Gasteiger partial charge is 0.127 e. The van der Waals surface area contributed by atoms with E-state index in [-0.39, 0.29) is 28.6 Å². The molecule has 2 aromatic carbocycles. The Labute approximate surface area is 112 Å². The van der Waals surface area contributed by atoms with Gasteiger partial charge in [-0.2, -0.15) is 0 Å². The number of rotatable bonds is 1. The maximum Gasteiger partial charge on any atom is 0.127 e. The molecule has 4 N–H and O–H groups in total. The molecule has 2 rings (SSSR count). The molecule has 0 saturated heterocycles. The molecular formula is C15H18O4. The minimum Gasteiger partial charge on any atom is -0.508 e. The zero-order chi connectivity index (χ0) is 14.6. The Morgan fingerprint density at radius 3 is 1.58 bits per heavy atom. The van der Waals surface area contributed by atoms with Gasteiger partial charge in [0.25, 0.3) is 0 Å². The van der Waals surface area contributed by atoms with E-state index < -0.39 is 0 Å². The van der Waals surface area contributed by atoms with E-state index in [0.29, 0.717) is 11.1 Å². The van der Waals surface area contributed by atoms with E-state index in [2.05, 4.69) is 0 Å². The Hall–Kier alpha value is -2.36. The van der Waals surface area contributed by atoms with Gasteiger partial charge in [-0.05, 0) is 36.8 Å². The third-order valence-corrected chi connectivity index (χ3v) is 2.66. The van der Waals surface area contributed by atoms with Crippen molar-refractivity contribution in [3.05, 3.63) is 35.9 Å². The summed E-state index contributed by atoms with van der Waals surface area (Å²) in [5.41, 5.74) is 0.878. The lowest BCUT2D eigenvalue weighted by Crippen LogP contribution is -1.83. The topological polar surface area (TPSA) is 80.9 Å². The minimum atomic E-state index is -0.118. The Balaban J connectivity index is 0.000000861. The number of hydrogen-bond donors (Lipinski definition) is 4. The van der Waals surface area contributed by atoms with E-state index in [9.17, 15) is 20.4 Å². The first-order chi connectivity index (χ1) is 9.00. The molecule has 19 heavy (non-hydrogen) atoms. The minimum absolute atomic E-state index is 0.0948. The van der Waals surface area contributed by atoms with Crippen molar-refractivity contribution in [1.29, 1.82) is 0 Å². The van der Waals surface area contributed by atoms with E-state index in [1.54, 1.807) is 6.92 Å². The van der Waals surface area contributed by atoms with Gasteiger partial charge in [0.1, 0.15) is 23.0 Å². The molecule has 0 fully saturated rings. The SMILES string of the molecule is CC.Cc1c(O)cc(-c2c(O)cccc2O)cc1O. The number of hydrogen-bond acceptors (Lipinski definition) is 4. The van der Waals surface area contributed by atoms with Crippen LogP contribution in [-0.2, 0) is 0 Å². The van der Waals surface area contributed by atoms with E-state index in [1.807, 2.05) is 13.8 Å². The Bertz CT molecular complexity index is 533. The molecule has 102 valence electrons. The van der Waals surface area contributed by atoms with Crippen molar-refractivity contribution in [3.63, 3.8) is 0 Å². The zero-order valence-electron chi connectivity index (χ0n) is 11.2. The number of aromatic hydroxyl groups is 4. The molecule has 0 aliphatic heterocycles. The van der Waals surface area contributed by atoms with E-state index in [0.717, 1.165) is 0 Å². The predicted molar refractivity (Wildman–Crippen MR) is 74.6 cm³/mol. The third kappa shape index (κ3) is 2.91. The maximum atomic E-state index is 9.67. The number of benzene rings is 2. The molecule has 4 nitrogen and oxygen atoms in total. The van der Waals surface area contributed by atoms with Crippen LogP contribution in [0.15, 0.2) is 30.3 Å². The van der Waals surface area contributed by atoms with Gasteiger partial charge in [-0.25, -0.2) is 0 Å². The zero-order valence-corrected chi connectivity index (χ0v) is 11.2. The van der Waals surface area contributed by atoms with Crippen LogP contribution in [0.1, 0.15) is 19.4 Å². The van der Waals surface area contributed by atoms with Gasteiger partial charge < -0.3 is 20.4 Å². The molecule has 2 aromatic rings. The fraction of sp³-hybridized carbons (Fsp3) is 0.200. The second-order valence-electron chi connectivity index (χ2n) is 3.81. The van der Waals surface area contributed by atoms with Gasteiger partial charge in [-0.15, -0.1) is 0 Å². The quantitative estimate of drug-likeness (QED) is 0.634. The Kier molecular flexibility index (Phi) is 4.64. The first kappa shape index (κ1) is 14.7. The van der Waals surface area contributed by atoms with Crippen LogP contribution in [0.3, 0.4) is 0 Å². The second-order valence-corrected chi connectivity index (χ2v) is 3.81. The van der Waals surface area contributed by atoms with Crippen molar-refractivity contribution in [1.82, 2.24) is 0 Å². The maximum absolute atomic E-state index is 9.67.